The Balaban J connectivity index is 2.29. The molecule has 8 heteroatoms. The third-order valence-corrected chi connectivity index (χ3v) is 4.24. The first-order chi connectivity index (χ1) is 12.8. The molecule has 1 heterocycles. The largest absolute Gasteiger partial charge is 0.449 e. The number of hydrogen-bond donors (Lipinski definition) is 2. The van der Waals surface area contributed by atoms with Crippen LogP contribution in [0.2, 0.25) is 0 Å². The molecule has 1 aliphatic heterocycles. The lowest BCUT2D eigenvalue weighted by Crippen LogP contribution is -2.53. The molecule has 0 radical (unpaired) electrons. The molecular formula is C19H38N4O4. The van der Waals surface area contributed by atoms with E-state index in [1.807, 2.05) is 27.7 Å². The van der Waals surface area contributed by atoms with Gasteiger partial charge < -0.3 is 20.1 Å². The van der Waals surface area contributed by atoms with Crippen LogP contribution < -0.4 is 10.6 Å². The topological polar surface area (TPSA) is 83.1 Å². The first kappa shape index (κ1) is 23.5. The fourth-order valence-corrected chi connectivity index (χ4v) is 2.92. The minimum Gasteiger partial charge on any atom is -0.449 e. The number of ether oxygens (including phenoxy) is 2. The molecule has 1 fully saturated rings. The Hall–Kier alpha value is -1.54. The number of carbonyl (C=O) groups is 2. The van der Waals surface area contributed by atoms with Crippen molar-refractivity contribution in [3.05, 3.63) is 0 Å². The van der Waals surface area contributed by atoms with Gasteiger partial charge in [0.25, 0.3) is 0 Å². The average molecular weight is 387 g/mol. The summed E-state index contributed by atoms with van der Waals surface area (Å²) in [5.74, 6) is 0. The second-order valence-electron chi connectivity index (χ2n) is 7.79. The van der Waals surface area contributed by atoms with E-state index in [0.717, 1.165) is 38.8 Å². The first-order valence-corrected chi connectivity index (χ1v) is 10.2. The molecule has 27 heavy (non-hydrogen) atoms. The van der Waals surface area contributed by atoms with E-state index in [2.05, 4.69) is 22.6 Å². The number of hydrogen-bond acceptors (Lipinski definition) is 6. The van der Waals surface area contributed by atoms with Crippen LogP contribution in [0.1, 0.15) is 60.3 Å². The van der Waals surface area contributed by atoms with E-state index in [1.54, 1.807) is 5.01 Å². The van der Waals surface area contributed by atoms with Gasteiger partial charge in [-0.25, -0.2) is 19.6 Å². The van der Waals surface area contributed by atoms with Crippen LogP contribution in [0.5, 0.6) is 0 Å². The number of piperidine rings is 1. The van der Waals surface area contributed by atoms with Gasteiger partial charge in [-0.2, -0.15) is 0 Å². The van der Waals surface area contributed by atoms with Gasteiger partial charge in [0, 0.05) is 38.8 Å². The van der Waals surface area contributed by atoms with Crippen LogP contribution in [-0.4, -0.2) is 73.2 Å². The molecule has 0 aromatic heterocycles. The molecule has 0 aromatic carbocycles. The molecular weight excluding hydrogens is 348 g/mol. The van der Waals surface area contributed by atoms with Crippen LogP contribution in [0.15, 0.2) is 0 Å². The van der Waals surface area contributed by atoms with Gasteiger partial charge in [-0.05, 0) is 47.0 Å². The minimum absolute atomic E-state index is 0.251. The van der Waals surface area contributed by atoms with Crippen LogP contribution in [0, 0.1) is 0 Å². The number of rotatable bonds is 9. The van der Waals surface area contributed by atoms with Gasteiger partial charge >= 0.3 is 12.2 Å². The number of hydrazine groups is 1. The van der Waals surface area contributed by atoms with Crippen LogP contribution in [0.25, 0.3) is 0 Å². The summed E-state index contributed by atoms with van der Waals surface area (Å²) in [4.78, 5) is 23.8. The lowest BCUT2D eigenvalue weighted by Gasteiger charge is -2.39. The van der Waals surface area contributed by atoms with Gasteiger partial charge in [0.15, 0.2) is 0 Å². The highest BCUT2D eigenvalue weighted by molar-refractivity contribution is 5.67. The van der Waals surface area contributed by atoms with Crippen molar-refractivity contribution >= 4 is 12.2 Å². The molecule has 0 aliphatic carbocycles. The highest BCUT2D eigenvalue weighted by Crippen LogP contribution is 2.14. The Morgan fingerprint density at radius 3 is 2.37 bits per heavy atom. The summed E-state index contributed by atoms with van der Waals surface area (Å²) in [6.07, 6.45) is 3.27. The number of unbranched alkanes of at least 4 members (excludes halogenated alkanes) is 1. The van der Waals surface area contributed by atoms with Crippen molar-refractivity contribution in [3.8, 4) is 0 Å². The van der Waals surface area contributed by atoms with E-state index < -0.39 is 5.60 Å². The van der Waals surface area contributed by atoms with Gasteiger partial charge in [-0.3, -0.25) is 0 Å². The van der Waals surface area contributed by atoms with Gasteiger partial charge in [-0.15, -0.1) is 0 Å². The zero-order valence-electron chi connectivity index (χ0n) is 17.7. The van der Waals surface area contributed by atoms with Crippen molar-refractivity contribution in [2.45, 2.75) is 71.9 Å². The quantitative estimate of drug-likeness (QED) is 0.593. The van der Waals surface area contributed by atoms with Gasteiger partial charge in [-0.1, -0.05) is 13.3 Å². The zero-order valence-corrected chi connectivity index (χ0v) is 17.7. The smallest absolute Gasteiger partial charge is 0.424 e. The molecule has 0 aromatic rings. The third-order valence-electron chi connectivity index (χ3n) is 4.24. The molecule has 1 aliphatic rings. The zero-order chi connectivity index (χ0) is 20.3. The molecule has 0 saturated carbocycles. The molecule has 8 nitrogen and oxygen atoms in total. The Kier molecular flexibility index (Phi) is 10.5. The molecule has 0 bridgehead atoms. The molecule has 0 spiro atoms. The summed E-state index contributed by atoms with van der Waals surface area (Å²) in [6.45, 7) is 13.4. The summed E-state index contributed by atoms with van der Waals surface area (Å²) in [7, 11) is 0. The fourth-order valence-electron chi connectivity index (χ4n) is 2.92. The highest BCUT2D eigenvalue weighted by atomic mass is 16.6. The first-order valence-electron chi connectivity index (χ1n) is 10.2. The Morgan fingerprint density at radius 2 is 1.81 bits per heavy atom. The maximum absolute atomic E-state index is 12.2. The monoisotopic (exact) mass is 386 g/mol. The average Bonchev–Trinajstić information content (AvgIpc) is 2.59. The lowest BCUT2D eigenvalue weighted by molar-refractivity contribution is -0.0381. The summed E-state index contributed by atoms with van der Waals surface area (Å²) in [5.41, 5.74) is -0.479. The maximum Gasteiger partial charge on any atom is 0.424 e. The van der Waals surface area contributed by atoms with Crippen LogP contribution >= 0.6 is 0 Å². The molecule has 1 saturated heterocycles. The van der Waals surface area contributed by atoms with Gasteiger partial charge in [0.2, 0.25) is 0 Å². The van der Waals surface area contributed by atoms with E-state index in [9.17, 15) is 9.59 Å². The van der Waals surface area contributed by atoms with Crippen LogP contribution in [0.3, 0.4) is 0 Å². The van der Waals surface area contributed by atoms with Gasteiger partial charge in [0.1, 0.15) is 5.60 Å². The summed E-state index contributed by atoms with van der Waals surface area (Å²) in [6, 6.07) is 0.386. The van der Waals surface area contributed by atoms with Crippen molar-refractivity contribution in [2.24, 2.45) is 0 Å². The Bertz CT molecular complexity index is 445. The summed E-state index contributed by atoms with van der Waals surface area (Å²) < 4.78 is 10.4. The molecule has 2 amide bonds. The predicted octanol–water partition coefficient (Wildman–Crippen LogP) is 2.74. The van der Waals surface area contributed by atoms with E-state index in [1.165, 1.54) is 0 Å². The van der Waals surface area contributed by atoms with Crippen molar-refractivity contribution in [3.63, 3.8) is 0 Å². The summed E-state index contributed by atoms with van der Waals surface area (Å²) in [5, 5.41) is 10.1. The molecule has 1 rings (SSSR count). The minimum atomic E-state index is -0.479. The third kappa shape index (κ3) is 9.81. The molecule has 2 N–H and O–H groups in total. The van der Waals surface area contributed by atoms with Crippen molar-refractivity contribution < 1.29 is 19.1 Å². The summed E-state index contributed by atoms with van der Waals surface area (Å²) >= 11 is 0. The van der Waals surface area contributed by atoms with Gasteiger partial charge in [0.05, 0.1) is 6.61 Å². The van der Waals surface area contributed by atoms with E-state index in [4.69, 9.17) is 9.47 Å². The number of carbonyl (C=O) groups excluding carboxylic acids is 2. The maximum atomic E-state index is 12.2. The number of amides is 2. The van der Waals surface area contributed by atoms with Crippen molar-refractivity contribution in [2.75, 3.05) is 39.3 Å². The SMILES string of the molecule is CCCCN(C(=O)OCC)N1CCC(NCCNC(=O)OC(C)(C)C)CC1. The molecule has 0 unspecified atom stereocenters. The lowest BCUT2D eigenvalue weighted by atomic mass is 10.1. The van der Waals surface area contributed by atoms with Crippen molar-refractivity contribution in [1.29, 1.82) is 0 Å². The second-order valence-corrected chi connectivity index (χ2v) is 7.79. The van der Waals surface area contributed by atoms with Crippen LogP contribution in [-0.2, 0) is 9.47 Å². The standard InChI is InChI=1S/C19H38N4O4/c1-6-8-13-23(18(25)26-7-2)22-14-9-16(10-15-22)20-11-12-21-17(24)27-19(3,4)5/h16,20H,6-15H2,1-5H3,(H,21,24). The van der Waals surface area contributed by atoms with Crippen LogP contribution in [0.4, 0.5) is 9.59 Å². The van der Waals surface area contributed by atoms with E-state index in [-0.39, 0.29) is 12.2 Å². The second kappa shape index (κ2) is 12.0. The number of nitrogens with zero attached hydrogens (tertiary/aromatic N) is 2. The number of nitrogens with one attached hydrogen (secondary N) is 2. The Morgan fingerprint density at radius 1 is 1.15 bits per heavy atom. The van der Waals surface area contributed by atoms with E-state index >= 15 is 0 Å². The number of alkyl carbamates (subject to hydrolysis) is 1. The Labute approximate surface area is 163 Å². The molecule has 158 valence electrons. The molecule has 0 atom stereocenters. The van der Waals surface area contributed by atoms with Crippen molar-refractivity contribution in [1.82, 2.24) is 20.7 Å². The fraction of sp³-hybridized carbons (Fsp3) is 0.895. The van der Waals surface area contributed by atoms with E-state index in [0.29, 0.717) is 32.3 Å². The predicted molar refractivity (Wildman–Crippen MR) is 105 cm³/mol. The highest BCUT2D eigenvalue weighted by Gasteiger charge is 2.27. The normalized spacial score (nSPS) is 16.0.